The Morgan fingerprint density at radius 3 is 2.95 bits per heavy atom. The van der Waals surface area contributed by atoms with Crippen LogP contribution in [-0.2, 0) is 9.53 Å². The van der Waals surface area contributed by atoms with Crippen molar-refractivity contribution in [3.8, 4) is 5.75 Å². The van der Waals surface area contributed by atoms with Gasteiger partial charge in [-0.2, -0.15) is 0 Å². The third-order valence-electron chi connectivity index (χ3n) is 2.30. The van der Waals surface area contributed by atoms with Crippen LogP contribution in [0.4, 0.5) is 5.13 Å². The van der Waals surface area contributed by atoms with Crippen molar-refractivity contribution >= 4 is 39.9 Å². The molecule has 0 atom stereocenters. The molecule has 0 radical (unpaired) electrons. The van der Waals surface area contributed by atoms with Gasteiger partial charge in [0.2, 0.25) is 0 Å². The molecule has 0 unspecified atom stereocenters. The summed E-state index contributed by atoms with van der Waals surface area (Å²) < 4.78 is 9.84. The Balaban J connectivity index is 1.87. The standard InChI is InChI=1S/C13H11ClN2O4S/c1-19-12(18)10-6-15-13(21-10)16-11(17)7-20-9-4-2-3-8(14)5-9/h2-6H,7H2,1H3,(H,15,16,17). The highest BCUT2D eigenvalue weighted by atomic mass is 35.5. The number of hydrogen-bond donors (Lipinski definition) is 1. The number of amides is 1. The van der Waals surface area contributed by atoms with Gasteiger partial charge in [0.1, 0.15) is 10.6 Å². The third-order valence-corrected chi connectivity index (χ3v) is 3.43. The molecule has 6 nitrogen and oxygen atoms in total. The van der Waals surface area contributed by atoms with Crippen LogP contribution in [0.5, 0.6) is 5.75 Å². The van der Waals surface area contributed by atoms with Crippen molar-refractivity contribution in [3.63, 3.8) is 0 Å². The number of nitrogens with one attached hydrogen (secondary N) is 1. The largest absolute Gasteiger partial charge is 0.484 e. The Kier molecular flexibility index (Phi) is 5.13. The fourth-order valence-corrected chi connectivity index (χ4v) is 2.32. The quantitative estimate of drug-likeness (QED) is 0.854. The van der Waals surface area contributed by atoms with Crippen molar-refractivity contribution < 1.29 is 19.1 Å². The maximum Gasteiger partial charge on any atom is 0.349 e. The fourth-order valence-electron chi connectivity index (χ4n) is 1.39. The van der Waals surface area contributed by atoms with Gasteiger partial charge in [-0.3, -0.25) is 10.1 Å². The normalized spacial score (nSPS) is 10.0. The molecule has 2 aromatic rings. The summed E-state index contributed by atoms with van der Waals surface area (Å²) >= 11 is 6.83. The summed E-state index contributed by atoms with van der Waals surface area (Å²) in [6.07, 6.45) is 1.34. The number of carbonyl (C=O) groups is 2. The maximum absolute atomic E-state index is 11.7. The first-order valence-corrected chi connectivity index (χ1v) is 7.00. The number of aromatic nitrogens is 1. The van der Waals surface area contributed by atoms with Crippen molar-refractivity contribution in [2.24, 2.45) is 0 Å². The lowest BCUT2D eigenvalue weighted by Gasteiger charge is -2.05. The van der Waals surface area contributed by atoms with E-state index in [4.69, 9.17) is 16.3 Å². The van der Waals surface area contributed by atoms with Gasteiger partial charge < -0.3 is 9.47 Å². The van der Waals surface area contributed by atoms with Gasteiger partial charge in [0.15, 0.2) is 11.7 Å². The number of carbonyl (C=O) groups excluding carboxylic acids is 2. The zero-order chi connectivity index (χ0) is 15.2. The Labute approximate surface area is 129 Å². The molecule has 1 amide bonds. The van der Waals surface area contributed by atoms with E-state index in [9.17, 15) is 9.59 Å². The molecule has 0 saturated heterocycles. The molecule has 110 valence electrons. The van der Waals surface area contributed by atoms with Crippen molar-refractivity contribution in [1.82, 2.24) is 4.98 Å². The number of rotatable bonds is 5. The van der Waals surface area contributed by atoms with E-state index in [1.165, 1.54) is 13.3 Å². The SMILES string of the molecule is COC(=O)c1cnc(NC(=O)COc2cccc(Cl)c2)s1. The first-order valence-electron chi connectivity index (χ1n) is 5.81. The summed E-state index contributed by atoms with van der Waals surface area (Å²) in [6.45, 7) is -0.187. The van der Waals surface area contributed by atoms with Gasteiger partial charge >= 0.3 is 5.97 Å². The first kappa shape index (κ1) is 15.3. The van der Waals surface area contributed by atoms with Crippen LogP contribution >= 0.6 is 22.9 Å². The van der Waals surface area contributed by atoms with Crippen LogP contribution in [-0.4, -0.2) is 30.6 Å². The predicted octanol–water partition coefficient (Wildman–Crippen LogP) is 2.60. The van der Waals surface area contributed by atoms with Gasteiger partial charge in [-0.15, -0.1) is 0 Å². The molecule has 1 aromatic heterocycles. The summed E-state index contributed by atoms with van der Waals surface area (Å²) in [4.78, 5) is 27.2. The summed E-state index contributed by atoms with van der Waals surface area (Å²) in [6, 6.07) is 6.73. The zero-order valence-electron chi connectivity index (χ0n) is 11.0. The molecule has 0 aliphatic heterocycles. The van der Waals surface area contributed by atoms with Crippen LogP contribution in [0.2, 0.25) is 5.02 Å². The molecule has 1 aromatic carbocycles. The average Bonchev–Trinajstić information content (AvgIpc) is 2.93. The zero-order valence-corrected chi connectivity index (χ0v) is 12.5. The molecule has 1 N–H and O–H groups in total. The number of halogens is 1. The number of nitrogens with zero attached hydrogens (tertiary/aromatic N) is 1. The second-order valence-electron chi connectivity index (χ2n) is 3.82. The van der Waals surface area contributed by atoms with Gasteiger partial charge in [-0.1, -0.05) is 29.0 Å². The Morgan fingerprint density at radius 2 is 2.24 bits per heavy atom. The van der Waals surface area contributed by atoms with Crippen LogP contribution in [0.15, 0.2) is 30.5 Å². The molecule has 0 aliphatic rings. The lowest BCUT2D eigenvalue weighted by molar-refractivity contribution is -0.118. The second kappa shape index (κ2) is 7.05. The van der Waals surface area contributed by atoms with Crippen LogP contribution in [0.1, 0.15) is 9.67 Å². The number of anilines is 1. The molecule has 2 rings (SSSR count). The van der Waals surface area contributed by atoms with Crippen LogP contribution < -0.4 is 10.1 Å². The summed E-state index contributed by atoms with van der Waals surface area (Å²) in [7, 11) is 1.28. The average molecular weight is 327 g/mol. The van der Waals surface area contributed by atoms with Crippen molar-refractivity contribution in [2.75, 3.05) is 19.0 Å². The highest BCUT2D eigenvalue weighted by Gasteiger charge is 2.12. The number of methoxy groups -OCH3 is 1. The van der Waals surface area contributed by atoms with E-state index in [1.807, 2.05) is 0 Å². The predicted molar refractivity (Wildman–Crippen MR) is 79.0 cm³/mol. The Hall–Kier alpha value is -2.12. The summed E-state index contributed by atoms with van der Waals surface area (Å²) in [5, 5.41) is 3.35. The van der Waals surface area contributed by atoms with Gasteiger partial charge in [0.25, 0.3) is 5.91 Å². The first-order chi connectivity index (χ1) is 10.1. The van der Waals surface area contributed by atoms with E-state index in [-0.39, 0.29) is 12.5 Å². The molecule has 0 fully saturated rings. The van der Waals surface area contributed by atoms with E-state index < -0.39 is 5.97 Å². The number of benzene rings is 1. The monoisotopic (exact) mass is 326 g/mol. The van der Waals surface area contributed by atoms with Gasteiger partial charge in [-0.25, -0.2) is 9.78 Å². The van der Waals surface area contributed by atoms with Crippen molar-refractivity contribution in [1.29, 1.82) is 0 Å². The van der Waals surface area contributed by atoms with E-state index in [2.05, 4.69) is 15.0 Å². The third kappa shape index (κ3) is 4.44. The van der Waals surface area contributed by atoms with Crippen LogP contribution in [0.3, 0.4) is 0 Å². The Bertz CT molecular complexity index is 659. The van der Waals surface area contributed by atoms with Crippen LogP contribution in [0, 0.1) is 0 Å². The number of esters is 1. The van der Waals surface area contributed by atoms with E-state index in [0.717, 1.165) is 11.3 Å². The fraction of sp³-hybridized carbons (Fsp3) is 0.154. The van der Waals surface area contributed by atoms with Crippen molar-refractivity contribution in [3.05, 3.63) is 40.4 Å². The molecule has 0 spiro atoms. The van der Waals surface area contributed by atoms with Gasteiger partial charge in [0.05, 0.1) is 13.3 Å². The molecule has 0 saturated carbocycles. The van der Waals surface area contributed by atoms with Crippen LogP contribution in [0.25, 0.3) is 0 Å². The summed E-state index contributed by atoms with van der Waals surface area (Å²) in [5.41, 5.74) is 0. The highest BCUT2D eigenvalue weighted by molar-refractivity contribution is 7.17. The minimum atomic E-state index is -0.497. The molecule has 1 heterocycles. The molecule has 21 heavy (non-hydrogen) atoms. The minimum Gasteiger partial charge on any atom is -0.484 e. The van der Waals surface area contributed by atoms with E-state index >= 15 is 0 Å². The highest BCUT2D eigenvalue weighted by Crippen LogP contribution is 2.19. The van der Waals surface area contributed by atoms with Gasteiger partial charge in [0, 0.05) is 5.02 Å². The number of hydrogen-bond acceptors (Lipinski definition) is 6. The maximum atomic E-state index is 11.7. The topological polar surface area (TPSA) is 77.5 Å². The molecule has 0 bridgehead atoms. The second-order valence-corrected chi connectivity index (χ2v) is 5.28. The lowest BCUT2D eigenvalue weighted by atomic mass is 10.3. The Morgan fingerprint density at radius 1 is 1.43 bits per heavy atom. The molecule has 0 aliphatic carbocycles. The number of thiazole rings is 1. The minimum absolute atomic E-state index is 0.187. The van der Waals surface area contributed by atoms with E-state index in [0.29, 0.717) is 20.8 Å². The van der Waals surface area contributed by atoms with Gasteiger partial charge in [-0.05, 0) is 18.2 Å². The molecular formula is C13H11ClN2O4S. The molecule has 8 heteroatoms. The number of ether oxygens (including phenoxy) is 2. The van der Waals surface area contributed by atoms with E-state index in [1.54, 1.807) is 24.3 Å². The van der Waals surface area contributed by atoms with Crippen molar-refractivity contribution in [2.45, 2.75) is 0 Å². The molecular weight excluding hydrogens is 316 g/mol. The summed E-state index contributed by atoms with van der Waals surface area (Å²) in [5.74, 6) is -0.393. The smallest absolute Gasteiger partial charge is 0.349 e. The lowest BCUT2D eigenvalue weighted by Crippen LogP contribution is -2.19.